The molecule has 21 heavy (non-hydrogen) atoms. The van der Waals surface area contributed by atoms with Crippen molar-refractivity contribution in [1.29, 1.82) is 0 Å². The van der Waals surface area contributed by atoms with Crippen molar-refractivity contribution in [2.75, 3.05) is 13.7 Å². The van der Waals surface area contributed by atoms with Crippen molar-refractivity contribution < 1.29 is 14.6 Å². The Labute approximate surface area is 129 Å². The van der Waals surface area contributed by atoms with Crippen LogP contribution in [0.15, 0.2) is 4.47 Å². The van der Waals surface area contributed by atoms with Gasteiger partial charge in [-0.1, -0.05) is 5.21 Å². The first-order valence-corrected chi connectivity index (χ1v) is 7.07. The topological polar surface area (TPSA) is 95.1 Å². The summed E-state index contributed by atoms with van der Waals surface area (Å²) in [5, 5.41) is 21.2. The first kappa shape index (κ1) is 15.6. The third kappa shape index (κ3) is 3.13. The predicted octanol–water partition coefficient (Wildman–Crippen LogP) is 1.02. The molecule has 9 heteroatoms. The van der Waals surface area contributed by atoms with Crippen molar-refractivity contribution in [3.05, 3.63) is 27.2 Å². The van der Waals surface area contributed by atoms with Gasteiger partial charge in [-0.25, -0.2) is 9.48 Å². The number of ether oxygens (including phenoxy) is 1. The van der Waals surface area contributed by atoms with Crippen molar-refractivity contribution in [2.24, 2.45) is 7.05 Å². The minimum atomic E-state index is -1.09. The maximum Gasteiger partial charge on any atom is 0.358 e. The summed E-state index contributed by atoms with van der Waals surface area (Å²) in [5.74, 6) is -1.09. The normalized spacial score (nSPS) is 11.0. The first-order chi connectivity index (χ1) is 9.95. The Morgan fingerprint density at radius 3 is 2.67 bits per heavy atom. The van der Waals surface area contributed by atoms with E-state index in [1.165, 1.54) is 0 Å². The van der Waals surface area contributed by atoms with Gasteiger partial charge in [0.05, 0.1) is 34.7 Å². The molecule has 2 aromatic rings. The van der Waals surface area contributed by atoms with Crippen LogP contribution in [0.1, 0.15) is 27.6 Å². The average molecular weight is 358 g/mol. The molecule has 0 unspecified atom stereocenters. The van der Waals surface area contributed by atoms with Crippen molar-refractivity contribution in [3.8, 4) is 0 Å². The van der Waals surface area contributed by atoms with Gasteiger partial charge in [0.15, 0.2) is 5.69 Å². The fourth-order valence-corrected chi connectivity index (χ4v) is 2.53. The Balaban J connectivity index is 2.37. The molecule has 0 saturated heterocycles. The molecule has 0 spiro atoms. The number of aryl methyl sites for hydroxylation is 2. The highest BCUT2D eigenvalue weighted by atomic mass is 79.9. The van der Waals surface area contributed by atoms with E-state index in [0.717, 1.165) is 15.9 Å². The minimum absolute atomic E-state index is 0.0398. The monoisotopic (exact) mass is 357 g/mol. The average Bonchev–Trinajstić information content (AvgIpc) is 2.93. The van der Waals surface area contributed by atoms with Crippen LogP contribution in [0.2, 0.25) is 0 Å². The second-order valence-corrected chi connectivity index (χ2v) is 5.35. The number of carboxylic acid groups (broad SMARTS) is 1. The van der Waals surface area contributed by atoms with E-state index >= 15 is 0 Å². The number of nitrogens with zero attached hydrogens (tertiary/aromatic N) is 5. The molecule has 0 amide bonds. The standard InChI is InChI=1S/C12H16BrN5O3/c1-7-10(13)9(17(2)15-7)6-18-8(4-5-21-3)11(12(19)20)14-16-18/h4-6H2,1-3H3,(H,19,20). The van der Waals surface area contributed by atoms with Crippen LogP contribution in [-0.4, -0.2) is 49.6 Å². The fourth-order valence-electron chi connectivity index (χ4n) is 2.07. The molecule has 0 radical (unpaired) electrons. The summed E-state index contributed by atoms with van der Waals surface area (Å²) in [6.45, 7) is 2.68. The summed E-state index contributed by atoms with van der Waals surface area (Å²) < 4.78 is 9.21. The third-order valence-corrected chi connectivity index (χ3v) is 4.18. The smallest absolute Gasteiger partial charge is 0.358 e. The number of halogens is 1. The molecule has 0 aliphatic carbocycles. The Hall–Kier alpha value is -1.74. The van der Waals surface area contributed by atoms with Gasteiger partial charge in [-0.3, -0.25) is 4.68 Å². The van der Waals surface area contributed by atoms with Gasteiger partial charge in [-0.05, 0) is 22.9 Å². The molecule has 1 N–H and O–H groups in total. The van der Waals surface area contributed by atoms with Gasteiger partial charge in [-0.2, -0.15) is 5.10 Å². The van der Waals surface area contributed by atoms with Crippen LogP contribution in [0, 0.1) is 6.92 Å². The Kier molecular flexibility index (Phi) is 4.73. The van der Waals surface area contributed by atoms with Gasteiger partial charge < -0.3 is 9.84 Å². The van der Waals surface area contributed by atoms with Gasteiger partial charge in [0.2, 0.25) is 0 Å². The van der Waals surface area contributed by atoms with Crippen molar-refractivity contribution >= 4 is 21.9 Å². The van der Waals surface area contributed by atoms with Crippen LogP contribution in [0.3, 0.4) is 0 Å². The number of rotatable bonds is 6. The summed E-state index contributed by atoms with van der Waals surface area (Å²) in [6.07, 6.45) is 0.430. The second-order valence-electron chi connectivity index (χ2n) is 4.56. The zero-order valence-corrected chi connectivity index (χ0v) is 13.6. The molecule has 0 saturated carbocycles. The van der Waals surface area contributed by atoms with Crippen LogP contribution in [-0.2, 0) is 24.8 Å². The summed E-state index contributed by atoms with van der Waals surface area (Å²) >= 11 is 3.49. The number of aromatic carboxylic acids is 1. The van der Waals surface area contributed by atoms with E-state index in [9.17, 15) is 9.90 Å². The first-order valence-electron chi connectivity index (χ1n) is 6.28. The van der Waals surface area contributed by atoms with Crippen molar-refractivity contribution in [1.82, 2.24) is 24.8 Å². The molecule has 2 heterocycles. The van der Waals surface area contributed by atoms with Crippen LogP contribution in [0.25, 0.3) is 0 Å². The number of methoxy groups -OCH3 is 1. The summed E-state index contributed by atoms with van der Waals surface area (Å²) in [7, 11) is 3.40. The van der Waals surface area contributed by atoms with E-state index < -0.39 is 5.97 Å². The van der Waals surface area contributed by atoms with Gasteiger partial charge in [0.25, 0.3) is 0 Å². The molecule has 8 nitrogen and oxygen atoms in total. The molecular formula is C12H16BrN5O3. The molecule has 0 aliphatic rings. The highest BCUT2D eigenvalue weighted by Crippen LogP contribution is 2.21. The summed E-state index contributed by atoms with van der Waals surface area (Å²) in [6, 6.07) is 0. The Morgan fingerprint density at radius 1 is 1.43 bits per heavy atom. The van der Waals surface area contributed by atoms with E-state index in [0.29, 0.717) is 25.3 Å². The molecule has 2 rings (SSSR count). The SMILES string of the molecule is COCCc1c(C(=O)O)nnn1Cc1c(Br)c(C)nn1C. The van der Waals surface area contributed by atoms with Crippen LogP contribution >= 0.6 is 15.9 Å². The van der Waals surface area contributed by atoms with Gasteiger partial charge in [0.1, 0.15) is 0 Å². The van der Waals surface area contributed by atoms with E-state index in [1.54, 1.807) is 16.5 Å². The lowest BCUT2D eigenvalue weighted by molar-refractivity contribution is 0.0688. The minimum Gasteiger partial charge on any atom is -0.476 e. The summed E-state index contributed by atoms with van der Waals surface area (Å²) in [5.41, 5.74) is 2.26. The maximum atomic E-state index is 11.2. The largest absolute Gasteiger partial charge is 0.476 e. The highest BCUT2D eigenvalue weighted by molar-refractivity contribution is 9.10. The fraction of sp³-hybridized carbons (Fsp3) is 0.500. The predicted molar refractivity (Wildman–Crippen MR) is 77.3 cm³/mol. The zero-order chi connectivity index (χ0) is 15.6. The lowest BCUT2D eigenvalue weighted by Crippen LogP contribution is -2.13. The summed E-state index contributed by atoms with van der Waals surface area (Å²) in [4.78, 5) is 11.2. The maximum absolute atomic E-state index is 11.2. The van der Waals surface area contributed by atoms with Crippen molar-refractivity contribution in [3.63, 3.8) is 0 Å². The third-order valence-electron chi connectivity index (χ3n) is 3.14. The molecule has 114 valence electrons. The number of hydrogen-bond donors (Lipinski definition) is 1. The lowest BCUT2D eigenvalue weighted by Gasteiger charge is -2.07. The van der Waals surface area contributed by atoms with Crippen LogP contribution in [0.4, 0.5) is 0 Å². The van der Waals surface area contributed by atoms with E-state index in [-0.39, 0.29) is 5.69 Å². The van der Waals surface area contributed by atoms with Crippen molar-refractivity contribution in [2.45, 2.75) is 19.9 Å². The van der Waals surface area contributed by atoms with E-state index in [2.05, 4.69) is 31.3 Å². The van der Waals surface area contributed by atoms with Gasteiger partial charge in [-0.15, -0.1) is 5.10 Å². The quantitative estimate of drug-likeness (QED) is 0.829. The van der Waals surface area contributed by atoms with Gasteiger partial charge in [0, 0.05) is 20.6 Å². The Bertz CT molecular complexity index is 664. The molecule has 0 atom stereocenters. The molecule has 0 aromatic carbocycles. The molecule has 2 aromatic heterocycles. The zero-order valence-electron chi connectivity index (χ0n) is 12.0. The number of carbonyl (C=O) groups is 1. The number of hydrogen-bond acceptors (Lipinski definition) is 5. The second kappa shape index (κ2) is 6.35. The molecule has 0 aliphatic heterocycles. The van der Waals surface area contributed by atoms with E-state index in [1.807, 2.05) is 14.0 Å². The van der Waals surface area contributed by atoms with Crippen LogP contribution < -0.4 is 0 Å². The van der Waals surface area contributed by atoms with Gasteiger partial charge >= 0.3 is 5.97 Å². The number of carboxylic acids is 1. The molecule has 0 fully saturated rings. The van der Waals surface area contributed by atoms with E-state index in [4.69, 9.17) is 4.74 Å². The lowest BCUT2D eigenvalue weighted by atomic mass is 10.2. The molecule has 0 bridgehead atoms. The highest BCUT2D eigenvalue weighted by Gasteiger charge is 2.20. The molecular weight excluding hydrogens is 342 g/mol. The Morgan fingerprint density at radius 2 is 2.14 bits per heavy atom. The van der Waals surface area contributed by atoms with Crippen LogP contribution in [0.5, 0.6) is 0 Å². The number of aromatic nitrogens is 5.